The van der Waals surface area contributed by atoms with Gasteiger partial charge >= 0.3 is 0 Å². The first-order valence-corrected chi connectivity index (χ1v) is 5.61. The molecule has 5 nitrogen and oxygen atoms in total. The van der Waals surface area contributed by atoms with Crippen LogP contribution in [0.1, 0.15) is 5.56 Å². The Kier molecular flexibility index (Phi) is 6.54. The molecule has 0 atom stereocenters. The average molecular weight is 240 g/mol. The molecule has 1 rings (SSSR count). The minimum absolute atomic E-state index is 0.0142. The molecule has 0 amide bonds. The van der Waals surface area contributed by atoms with Gasteiger partial charge in [0.05, 0.1) is 19.8 Å². The second-order valence-corrected chi connectivity index (χ2v) is 3.62. The van der Waals surface area contributed by atoms with E-state index in [9.17, 15) is 5.11 Å². The van der Waals surface area contributed by atoms with Gasteiger partial charge in [0.25, 0.3) is 0 Å². The summed E-state index contributed by atoms with van der Waals surface area (Å²) in [4.78, 5) is 6.36. The van der Waals surface area contributed by atoms with Crippen LogP contribution < -0.4 is 4.90 Å². The number of hydrogen-bond donors (Lipinski definition) is 1. The van der Waals surface area contributed by atoms with E-state index >= 15 is 0 Å². The van der Waals surface area contributed by atoms with Gasteiger partial charge in [-0.2, -0.15) is 0 Å². The third-order valence-electron chi connectivity index (χ3n) is 2.47. The zero-order chi connectivity index (χ0) is 12.5. The van der Waals surface area contributed by atoms with E-state index in [4.69, 9.17) is 9.47 Å². The third kappa shape index (κ3) is 4.30. The Morgan fingerprint density at radius 2 is 1.88 bits per heavy atom. The Morgan fingerprint density at radius 3 is 2.41 bits per heavy atom. The topological polar surface area (TPSA) is 54.8 Å². The van der Waals surface area contributed by atoms with Crippen molar-refractivity contribution < 1.29 is 14.6 Å². The first-order chi connectivity index (χ1) is 8.33. The van der Waals surface area contributed by atoms with Crippen LogP contribution in [-0.2, 0) is 16.1 Å². The molecule has 1 aromatic rings. The molecule has 0 aromatic carbocycles. The van der Waals surface area contributed by atoms with Crippen LogP contribution in [0.25, 0.3) is 0 Å². The number of hydrogen-bond acceptors (Lipinski definition) is 5. The fourth-order valence-electron chi connectivity index (χ4n) is 1.56. The van der Waals surface area contributed by atoms with Crippen molar-refractivity contribution >= 4 is 5.82 Å². The van der Waals surface area contributed by atoms with Crippen LogP contribution in [0.3, 0.4) is 0 Å². The first-order valence-electron chi connectivity index (χ1n) is 5.61. The summed E-state index contributed by atoms with van der Waals surface area (Å²) in [6, 6.07) is 3.69. The maximum atomic E-state index is 9.29. The van der Waals surface area contributed by atoms with Gasteiger partial charge in [0.1, 0.15) is 5.82 Å². The molecule has 0 radical (unpaired) electrons. The van der Waals surface area contributed by atoms with Crippen LogP contribution in [0.4, 0.5) is 5.82 Å². The molecule has 0 unspecified atom stereocenters. The molecule has 0 bridgehead atoms. The second kappa shape index (κ2) is 8.00. The zero-order valence-corrected chi connectivity index (χ0v) is 10.4. The highest BCUT2D eigenvalue weighted by molar-refractivity contribution is 5.46. The molecule has 0 spiro atoms. The summed E-state index contributed by atoms with van der Waals surface area (Å²) in [5.74, 6) is 0.795. The Balaban J connectivity index is 2.78. The summed E-state index contributed by atoms with van der Waals surface area (Å²) < 4.78 is 10.1. The minimum atomic E-state index is -0.0142. The number of ether oxygens (including phenoxy) is 2. The Labute approximate surface area is 102 Å². The Bertz CT molecular complexity index is 312. The molecule has 0 aliphatic carbocycles. The van der Waals surface area contributed by atoms with Crippen molar-refractivity contribution in [1.82, 2.24) is 4.98 Å². The van der Waals surface area contributed by atoms with E-state index < -0.39 is 0 Å². The highest BCUT2D eigenvalue weighted by Crippen LogP contribution is 2.16. The fraction of sp³-hybridized carbons (Fsp3) is 0.583. The molecule has 5 heteroatoms. The lowest BCUT2D eigenvalue weighted by Gasteiger charge is -2.24. The van der Waals surface area contributed by atoms with Gasteiger partial charge < -0.3 is 19.5 Å². The number of aromatic nitrogens is 1. The monoisotopic (exact) mass is 240 g/mol. The third-order valence-corrected chi connectivity index (χ3v) is 2.47. The van der Waals surface area contributed by atoms with Gasteiger partial charge in [-0.05, 0) is 6.07 Å². The number of nitrogens with zero attached hydrogens (tertiary/aromatic N) is 2. The van der Waals surface area contributed by atoms with Crippen LogP contribution in [0.5, 0.6) is 0 Å². The highest BCUT2D eigenvalue weighted by atomic mass is 16.5. The van der Waals surface area contributed by atoms with E-state index in [2.05, 4.69) is 9.88 Å². The molecule has 0 saturated heterocycles. The Morgan fingerprint density at radius 1 is 1.24 bits per heavy atom. The van der Waals surface area contributed by atoms with Gasteiger partial charge in [-0.1, -0.05) is 6.07 Å². The fourth-order valence-corrected chi connectivity index (χ4v) is 1.56. The van der Waals surface area contributed by atoms with Crippen molar-refractivity contribution in [2.45, 2.75) is 6.61 Å². The summed E-state index contributed by atoms with van der Waals surface area (Å²) in [6.45, 7) is 2.67. The first kappa shape index (κ1) is 13.9. The number of aliphatic hydroxyl groups is 1. The molecule has 1 aromatic heterocycles. The minimum Gasteiger partial charge on any atom is -0.392 e. The van der Waals surface area contributed by atoms with Crippen LogP contribution in [0.15, 0.2) is 18.3 Å². The molecule has 1 heterocycles. The normalized spacial score (nSPS) is 10.5. The van der Waals surface area contributed by atoms with E-state index in [-0.39, 0.29) is 6.61 Å². The molecule has 96 valence electrons. The van der Waals surface area contributed by atoms with E-state index in [0.717, 1.165) is 24.5 Å². The zero-order valence-electron chi connectivity index (χ0n) is 10.4. The second-order valence-electron chi connectivity index (χ2n) is 3.62. The lowest BCUT2D eigenvalue weighted by Crippen LogP contribution is -2.32. The van der Waals surface area contributed by atoms with Gasteiger partial charge in [0.2, 0.25) is 0 Å². The van der Waals surface area contributed by atoms with E-state index in [0.29, 0.717) is 13.2 Å². The molecule has 17 heavy (non-hydrogen) atoms. The van der Waals surface area contributed by atoms with E-state index in [1.807, 2.05) is 12.1 Å². The smallest absolute Gasteiger partial charge is 0.134 e. The lowest BCUT2D eigenvalue weighted by molar-refractivity contribution is 0.189. The predicted molar refractivity (Wildman–Crippen MR) is 66.1 cm³/mol. The van der Waals surface area contributed by atoms with E-state index in [1.54, 1.807) is 20.4 Å². The number of methoxy groups -OCH3 is 2. The van der Waals surface area contributed by atoms with Gasteiger partial charge in [0.15, 0.2) is 0 Å². The van der Waals surface area contributed by atoms with Crippen LogP contribution in [0, 0.1) is 0 Å². The molecular formula is C12H20N2O3. The van der Waals surface area contributed by atoms with Crippen molar-refractivity contribution in [3.05, 3.63) is 23.9 Å². The number of aliphatic hydroxyl groups excluding tert-OH is 1. The quantitative estimate of drug-likeness (QED) is 0.724. The van der Waals surface area contributed by atoms with E-state index in [1.165, 1.54) is 0 Å². The average Bonchev–Trinajstić information content (AvgIpc) is 2.39. The molecular weight excluding hydrogens is 220 g/mol. The van der Waals surface area contributed by atoms with Crippen molar-refractivity contribution in [2.24, 2.45) is 0 Å². The molecule has 1 N–H and O–H groups in total. The number of rotatable bonds is 8. The molecule has 0 saturated carbocycles. The largest absolute Gasteiger partial charge is 0.392 e. The van der Waals surface area contributed by atoms with Crippen LogP contribution in [-0.4, -0.2) is 50.6 Å². The van der Waals surface area contributed by atoms with Crippen molar-refractivity contribution in [3.8, 4) is 0 Å². The molecule has 0 aliphatic heterocycles. The van der Waals surface area contributed by atoms with Gasteiger partial charge in [-0.15, -0.1) is 0 Å². The molecule has 0 aliphatic rings. The van der Waals surface area contributed by atoms with Crippen molar-refractivity contribution in [3.63, 3.8) is 0 Å². The summed E-state index contributed by atoms with van der Waals surface area (Å²) >= 11 is 0. The standard InChI is InChI=1S/C12H20N2O3/c1-16-8-6-14(7-9-17-2)12-11(10-15)4-3-5-13-12/h3-5,15H,6-10H2,1-2H3. The Hall–Kier alpha value is -1.17. The van der Waals surface area contributed by atoms with Gasteiger partial charge in [-0.3, -0.25) is 0 Å². The maximum absolute atomic E-state index is 9.29. The predicted octanol–water partition coefficient (Wildman–Crippen LogP) is 0.673. The summed E-state index contributed by atoms with van der Waals surface area (Å²) in [6.07, 6.45) is 1.72. The molecule has 0 fully saturated rings. The van der Waals surface area contributed by atoms with Crippen molar-refractivity contribution in [2.75, 3.05) is 45.4 Å². The van der Waals surface area contributed by atoms with Gasteiger partial charge in [0, 0.05) is 39.1 Å². The maximum Gasteiger partial charge on any atom is 0.134 e. The van der Waals surface area contributed by atoms with Crippen LogP contribution in [0.2, 0.25) is 0 Å². The van der Waals surface area contributed by atoms with Gasteiger partial charge in [-0.25, -0.2) is 4.98 Å². The summed E-state index contributed by atoms with van der Waals surface area (Å²) in [5.41, 5.74) is 0.819. The summed E-state index contributed by atoms with van der Waals surface area (Å²) in [7, 11) is 3.33. The number of anilines is 1. The number of pyridine rings is 1. The highest BCUT2D eigenvalue weighted by Gasteiger charge is 2.11. The van der Waals surface area contributed by atoms with Crippen molar-refractivity contribution in [1.29, 1.82) is 0 Å². The van der Waals surface area contributed by atoms with Crippen LogP contribution >= 0.6 is 0 Å². The lowest BCUT2D eigenvalue weighted by atomic mass is 10.2. The SMILES string of the molecule is COCCN(CCOC)c1ncccc1CO. The summed E-state index contributed by atoms with van der Waals surface area (Å²) in [5, 5.41) is 9.29.